The number of hydrogen-bond donors (Lipinski definition) is 3. The fourth-order valence-electron chi connectivity index (χ4n) is 3.23. The Labute approximate surface area is 168 Å². The molecule has 3 amide bonds. The van der Waals surface area contributed by atoms with E-state index in [2.05, 4.69) is 16.0 Å². The first-order valence-corrected chi connectivity index (χ1v) is 8.93. The Hall–Kier alpha value is -3.68. The number of carbonyl (C=O) groups excluding carboxylic acids is 2. The summed E-state index contributed by atoms with van der Waals surface area (Å²) >= 11 is 0. The van der Waals surface area contributed by atoms with Crippen LogP contribution in [0.5, 0.6) is 17.2 Å². The van der Waals surface area contributed by atoms with Gasteiger partial charge in [0.25, 0.3) is 5.91 Å². The molecule has 3 N–H and O–H groups in total. The SMILES string of the molecule is COc1cc(OC)c(C2NC(=O)NC(C)=C2C(=O)Nc2ccccc2)cc1OC. The molecule has 1 atom stereocenters. The number of allylic oxidation sites excluding steroid dienone is 1. The van der Waals surface area contributed by atoms with E-state index in [1.165, 1.54) is 21.3 Å². The highest BCUT2D eigenvalue weighted by molar-refractivity contribution is 6.06. The minimum Gasteiger partial charge on any atom is -0.496 e. The number of para-hydroxylation sites is 1. The van der Waals surface area contributed by atoms with Crippen LogP contribution in [0.2, 0.25) is 0 Å². The highest BCUT2D eigenvalue weighted by atomic mass is 16.5. The zero-order chi connectivity index (χ0) is 21.0. The maximum absolute atomic E-state index is 13.1. The smallest absolute Gasteiger partial charge is 0.319 e. The number of rotatable bonds is 6. The first kappa shape index (κ1) is 20.1. The van der Waals surface area contributed by atoms with Crippen LogP contribution < -0.4 is 30.2 Å². The quantitative estimate of drug-likeness (QED) is 0.696. The van der Waals surface area contributed by atoms with Gasteiger partial charge in [-0.1, -0.05) is 18.2 Å². The molecule has 152 valence electrons. The van der Waals surface area contributed by atoms with Gasteiger partial charge in [-0.25, -0.2) is 4.79 Å². The maximum Gasteiger partial charge on any atom is 0.319 e. The largest absolute Gasteiger partial charge is 0.496 e. The molecular weight excluding hydrogens is 374 g/mol. The third-order valence-electron chi connectivity index (χ3n) is 4.59. The van der Waals surface area contributed by atoms with E-state index in [-0.39, 0.29) is 5.91 Å². The van der Waals surface area contributed by atoms with Gasteiger partial charge in [0.2, 0.25) is 0 Å². The van der Waals surface area contributed by atoms with Gasteiger partial charge in [-0.3, -0.25) is 4.79 Å². The number of hydrogen-bond acceptors (Lipinski definition) is 5. The van der Waals surface area contributed by atoms with Crippen LogP contribution in [-0.2, 0) is 4.79 Å². The third kappa shape index (κ3) is 4.11. The Morgan fingerprint density at radius 1 is 0.966 bits per heavy atom. The van der Waals surface area contributed by atoms with Gasteiger partial charge < -0.3 is 30.2 Å². The molecule has 1 aliphatic rings. The lowest BCUT2D eigenvalue weighted by atomic mass is 9.93. The van der Waals surface area contributed by atoms with E-state index >= 15 is 0 Å². The lowest BCUT2D eigenvalue weighted by Gasteiger charge is -2.30. The van der Waals surface area contributed by atoms with Gasteiger partial charge in [0.05, 0.1) is 32.9 Å². The van der Waals surface area contributed by atoms with Crippen molar-refractivity contribution in [1.82, 2.24) is 10.6 Å². The van der Waals surface area contributed by atoms with Crippen molar-refractivity contribution >= 4 is 17.6 Å². The van der Waals surface area contributed by atoms with E-state index < -0.39 is 12.1 Å². The summed E-state index contributed by atoms with van der Waals surface area (Å²) in [7, 11) is 4.54. The number of methoxy groups -OCH3 is 3. The van der Waals surface area contributed by atoms with Crippen LogP contribution in [0.3, 0.4) is 0 Å². The van der Waals surface area contributed by atoms with Gasteiger partial charge in [0, 0.05) is 23.0 Å². The first-order valence-electron chi connectivity index (χ1n) is 8.93. The second-order valence-corrected chi connectivity index (χ2v) is 6.34. The van der Waals surface area contributed by atoms with Gasteiger partial charge in [-0.15, -0.1) is 0 Å². The number of urea groups is 1. The van der Waals surface area contributed by atoms with Crippen molar-refractivity contribution in [2.24, 2.45) is 0 Å². The Bertz CT molecular complexity index is 956. The molecule has 8 heteroatoms. The second-order valence-electron chi connectivity index (χ2n) is 6.34. The zero-order valence-electron chi connectivity index (χ0n) is 16.7. The molecule has 0 spiro atoms. The molecule has 1 unspecified atom stereocenters. The monoisotopic (exact) mass is 397 g/mol. The maximum atomic E-state index is 13.1. The molecular formula is C21H23N3O5. The molecule has 2 aromatic carbocycles. The Morgan fingerprint density at radius 2 is 1.59 bits per heavy atom. The lowest BCUT2D eigenvalue weighted by Crippen LogP contribution is -2.46. The average molecular weight is 397 g/mol. The van der Waals surface area contributed by atoms with Crippen LogP contribution in [0.4, 0.5) is 10.5 Å². The molecule has 29 heavy (non-hydrogen) atoms. The highest BCUT2D eigenvalue weighted by Crippen LogP contribution is 2.40. The normalized spacial score (nSPS) is 15.9. The Balaban J connectivity index is 2.07. The topological polar surface area (TPSA) is 97.9 Å². The van der Waals surface area contributed by atoms with Gasteiger partial charge in [0.1, 0.15) is 5.75 Å². The number of ether oxygens (including phenoxy) is 3. The Kier molecular flexibility index (Phi) is 5.92. The molecule has 0 radical (unpaired) electrons. The fraction of sp³-hybridized carbons (Fsp3) is 0.238. The van der Waals surface area contributed by atoms with Crippen LogP contribution in [0.15, 0.2) is 53.7 Å². The molecule has 0 aromatic heterocycles. The Morgan fingerprint density at radius 3 is 2.21 bits per heavy atom. The number of carbonyl (C=O) groups is 2. The molecule has 0 aliphatic carbocycles. The molecule has 3 rings (SSSR count). The van der Waals surface area contributed by atoms with Crippen LogP contribution in [-0.4, -0.2) is 33.3 Å². The molecule has 2 aromatic rings. The van der Waals surface area contributed by atoms with Crippen LogP contribution >= 0.6 is 0 Å². The van der Waals surface area contributed by atoms with Crippen molar-refractivity contribution in [2.75, 3.05) is 26.6 Å². The predicted octanol–water partition coefficient (Wildman–Crippen LogP) is 2.98. The van der Waals surface area contributed by atoms with E-state index in [9.17, 15) is 9.59 Å². The minimum atomic E-state index is -0.748. The lowest BCUT2D eigenvalue weighted by molar-refractivity contribution is -0.113. The molecule has 0 fully saturated rings. The summed E-state index contributed by atoms with van der Waals surface area (Å²) in [5, 5.41) is 8.32. The molecule has 0 saturated carbocycles. The minimum absolute atomic E-state index is 0.344. The van der Waals surface area contributed by atoms with Crippen molar-refractivity contribution in [3.05, 3.63) is 59.3 Å². The van der Waals surface area contributed by atoms with E-state index in [4.69, 9.17) is 14.2 Å². The van der Waals surface area contributed by atoms with E-state index in [1.54, 1.807) is 31.2 Å². The summed E-state index contributed by atoms with van der Waals surface area (Å²) in [6.07, 6.45) is 0. The van der Waals surface area contributed by atoms with Gasteiger partial charge in [0.15, 0.2) is 11.5 Å². The van der Waals surface area contributed by atoms with Crippen LogP contribution in [0, 0.1) is 0 Å². The fourth-order valence-corrected chi connectivity index (χ4v) is 3.23. The molecule has 1 heterocycles. The van der Waals surface area contributed by atoms with Gasteiger partial charge in [-0.05, 0) is 25.1 Å². The molecule has 0 bridgehead atoms. The van der Waals surface area contributed by atoms with Crippen molar-refractivity contribution < 1.29 is 23.8 Å². The summed E-state index contributed by atoms with van der Waals surface area (Å²) in [6.45, 7) is 1.68. The molecule has 8 nitrogen and oxygen atoms in total. The van der Waals surface area contributed by atoms with Gasteiger partial charge in [-0.2, -0.15) is 0 Å². The summed E-state index contributed by atoms with van der Waals surface area (Å²) in [5.74, 6) is 1.04. The summed E-state index contributed by atoms with van der Waals surface area (Å²) in [5.41, 5.74) is 2.02. The number of amides is 3. The molecule has 0 saturated heterocycles. The van der Waals surface area contributed by atoms with Crippen LogP contribution in [0.1, 0.15) is 18.5 Å². The van der Waals surface area contributed by atoms with Crippen LogP contribution in [0.25, 0.3) is 0 Å². The van der Waals surface area contributed by atoms with E-state index in [0.29, 0.717) is 39.8 Å². The molecule has 1 aliphatic heterocycles. The number of anilines is 1. The second kappa shape index (κ2) is 8.55. The van der Waals surface area contributed by atoms with Gasteiger partial charge >= 0.3 is 6.03 Å². The summed E-state index contributed by atoms with van der Waals surface area (Å²) in [6, 6.07) is 11.3. The van der Waals surface area contributed by atoms with Crippen molar-refractivity contribution in [3.63, 3.8) is 0 Å². The highest BCUT2D eigenvalue weighted by Gasteiger charge is 2.34. The zero-order valence-corrected chi connectivity index (χ0v) is 16.7. The number of nitrogens with one attached hydrogen (secondary N) is 3. The van der Waals surface area contributed by atoms with Crippen molar-refractivity contribution in [3.8, 4) is 17.2 Å². The predicted molar refractivity (Wildman–Crippen MR) is 108 cm³/mol. The number of benzene rings is 2. The van der Waals surface area contributed by atoms with Crippen molar-refractivity contribution in [2.45, 2.75) is 13.0 Å². The third-order valence-corrected chi connectivity index (χ3v) is 4.59. The average Bonchev–Trinajstić information content (AvgIpc) is 2.72. The van der Waals surface area contributed by atoms with E-state index in [1.807, 2.05) is 18.2 Å². The summed E-state index contributed by atoms with van der Waals surface area (Å²) in [4.78, 5) is 25.3. The standard InChI is InChI=1S/C21H23N3O5/c1-12-18(20(25)23-13-8-6-5-7-9-13)19(24-21(26)22-12)14-10-16(28-3)17(29-4)11-15(14)27-2/h5-11,19H,1-4H3,(H,23,25)(H2,22,24,26). The van der Waals surface area contributed by atoms with E-state index in [0.717, 1.165) is 0 Å². The first-order chi connectivity index (χ1) is 14.0. The van der Waals surface area contributed by atoms with Crippen molar-refractivity contribution in [1.29, 1.82) is 0 Å². The summed E-state index contributed by atoms with van der Waals surface area (Å²) < 4.78 is 16.2.